The number of nitrogens with one attached hydrogen (secondary N) is 2. The van der Waals surface area contributed by atoms with E-state index in [4.69, 9.17) is 5.21 Å². The highest BCUT2D eigenvalue weighted by molar-refractivity contribution is 7.99. The van der Waals surface area contributed by atoms with Crippen LogP contribution in [0.2, 0.25) is 0 Å². The number of rotatable bonds is 14. The summed E-state index contributed by atoms with van der Waals surface area (Å²) >= 11 is 1.56. The minimum absolute atomic E-state index is 0.296. The van der Waals surface area contributed by atoms with E-state index in [2.05, 4.69) is 64.2 Å². The molecule has 0 saturated carbocycles. The molecule has 0 saturated heterocycles. The van der Waals surface area contributed by atoms with Crippen LogP contribution in [0.15, 0.2) is 46.6 Å². The summed E-state index contributed by atoms with van der Waals surface area (Å²) in [5.74, 6) is 0.266. The second-order valence-corrected chi connectivity index (χ2v) is 9.10. The van der Waals surface area contributed by atoms with Crippen molar-refractivity contribution in [2.24, 2.45) is 0 Å². The Hall–Kier alpha value is -1.79. The fraction of sp³-hybridized carbons (Fsp3) is 0.583. The monoisotopic (exact) mass is 436 g/mol. The van der Waals surface area contributed by atoms with Crippen LogP contribution >= 0.6 is 11.8 Å². The molecule has 6 heteroatoms. The van der Waals surface area contributed by atoms with Crippen molar-refractivity contribution in [3.63, 3.8) is 0 Å². The quantitative estimate of drug-likeness (QED) is 0.146. The first-order valence-corrected chi connectivity index (χ1v) is 11.7. The summed E-state index contributed by atoms with van der Waals surface area (Å²) < 4.78 is 0. The molecule has 0 aromatic rings. The lowest BCUT2D eigenvalue weighted by atomic mass is 10.0. The Bertz CT molecular complexity index is 655. The summed E-state index contributed by atoms with van der Waals surface area (Å²) in [6, 6.07) is -0.737. The van der Waals surface area contributed by atoms with E-state index in [0.717, 1.165) is 37.9 Å². The van der Waals surface area contributed by atoms with E-state index in [1.165, 1.54) is 29.2 Å². The van der Waals surface area contributed by atoms with Crippen molar-refractivity contribution in [2.75, 3.05) is 11.5 Å². The second kappa shape index (κ2) is 16.9. The van der Waals surface area contributed by atoms with Gasteiger partial charge in [0.2, 0.25) is 5.91 Å². The molecule has 0 bridgehead atoms. The molecule has 0 aliphatic carbocycles. The first-order chi connectivity index (χ1) is 14.1. The SMILES string of the molecule is CC(=O)NC(CSC/C=C(\CC=C(C)C)CC/C=C(\C)CCC=C(C)C)C(=O)NO. The number of thioether (sulfide) groups is 1. The number of hydrogen-bond donors (Lipinski definition) is 3. The lowest BCUT2D eigenvalue weighted by Gasteiger charge is -2.14. The molecule has 0 aliphatic heterocycles. The van der Waals surface area contributed by atoms with Gasteiger partial charge in [0.05, 0.1) is 0 Å². The maximum Gasteiger partial charge on any atom is 0.266 e. The van der Waals surface area contributed by atoms with Gasteiger partial charge in [0, 0.05) is 18.4 Å². The fourth-order valence-corrected chi connectivity index (χ4v) is 3.65. The Morgan fingerprint density at radius 2 is 1.53 bits per heavy atom. The molecule has 170 valence electrons. The number of amides is 2. The average Bonchev–Trinajstić information content (AvgIpc) is 2.66. The third-order valence-corrected chi connectivity index (χ3v) is 5.37. The molecular formula is C24H40N2O3S. The van der Waals surface area contributed by atoms with Crippen LogP contribution in [0.1, 0.15) is 73.6 Å². The lowest BCUT2D eigenvalue weighted by Crippen LogP contribution is -2.46. The standard InChI is InChI=1S/C24H40N2O3S/c1-18(2)9-7-10-20(5)11-8-12-22(14-13-19(3)4)15-16-30-17-23(24(28)26-29)25-21(6)27/h9,11,13,15,23,29H,7-8,10,12,14,16-17H2,1-6H3,(H,25,27)(H,26,28)/b20-11+,22-15-. The molecule has 3 N–H and O–H groups in total. The molecule has 0 aliphatic rings. The molecule has 1 unspecified atom stereocenters. The number of carbonyl (C=O) groups is 2. The molecule has 0 heterocycles. The summed E-state index contributed by atoms with van der Waals surface area (Å²) in [6.45, 7) is 12.0. The van der Waals surface area contributed by atoms with E-state index in [9.17, 15) is 9.59 Å². The van der Waals surface area contributed by atoms with Crippen molar-refractivity contribution in [1.82, 2.24) is 10.8 Å². The predicted octanol–water partition coefficient (Wildman–Crippen LogP) is 5.49. The van der Waals surface area contributed by atoms with Gasteiger partial charge in [0.1, 0.15) is 6.04 Å². The molecular weight excluding hydrogens is 396 g/mol. The molecule has 0 radical (unpaired) electrons. The molecule has 0 aromatic carbocycles. The Labute approximate surface area is 187 Å². The Morgan fingerprint density at radius 1 is 0.900 bits per heavy atom. The van der Waals surface area contributed by atoms with Crippen LogP contribution in [-0.2, 0) is 9.59 Å². The predicted molar refractivity (Wildman–Crippen MR) is 129 cm³/mol. The van der Waals surface area contributed by atoms with E-state index in [0.29, 0.717) is 5.75 Å². The lowest BCUT2D eigenvalue weighted by molar-refractivity contribution is -0.133. The van der Waals surface area contributed by atoms with Crippen LogP contribution in [0, 0.1) is 0 Å². The van der Waals surface area contributed by atoms with E-state index in [-0.39, 0.29) is 5.91 Å². The van der Waals surface area contributed by atoms with E-state index < -0.39 is 11.9 Å². The molecule has 30 heavy (non-hydrogen) atoms. The van der Waals surface area contributed by atoms with Crippen LogP contribution < -0.4 is 10.8 Å². The third kappa shape index (κ3) is 16.1. The van der Waals surface area contributed by atoms with Crippen molar-refractivity contribution in [1.29, 1.82) is 0 Å². The maximum atomic E-state index is 11.6. The summed E-state index contributed by atoms with van der Waals surface area (Å²) in [7, 11) is 0. The molecule has 0 aromatic heterocycles. The van der Waals surface area contributed by atoms with E-state index in [1.807, 2.05) is 0 Å². The zero-order valence-corrected chi connectivity index (χ0v) is 20.3. The Kier molecular flexibility index (Phi) is 15.9. The highest BCUT2D eigenvalue weighted by Gasteiger charge is 2.18. The minimum Gasteiger partial charge on any atom is -0.344 e. The van der Waals surface area contributed by atoms with Gasteiger partial charge in [-0.3, -0.25) is 14.8 Å². The number of hydrogen-bond acceptors (Lipinski definition) is 4. The van der Waals surface area contributed by atoms with E-state index in [1.54, 1.807) is 17.2 Å². The van der Waals surface area contributed by atoms with Gasteiger partial charge in [-0.15, -0.1) is 0 Å². The fourth-order valence-electron chi connectivity index (χ4n) is 2.69. The van der Waals surface area contributed by atoms with Crippen LogP contribution in [-0.4, -0.2) is 34.6 Å². The van der Waals surface area contributed by atoms with Crippen LogP contribution in [0.5, 0.6) is 0 Å². The van der Waals surface area contributed by atoms with Crippen molar-refractivity contribution in [3.8, 4) is 0 Å². The number of allylic oxidation sites excluding steroid dienone is 7. The second-order valence-electron chi connectivity index (χ2n) is 8.02. The van der Waals surface area contributed by atoms with Crippen LogP contribution in [0.25, 0.3) is 0 Å². The van der Waals surface area contributed by atoms with Crippen molar-refractivity contribution < 1.29 is 14.8 Å². The first kappa shape index (κ1) is 28.2. The van der Waals surface area contributed by atoms with Gasteiger partial charge in [0.15, 0.2) is 0 Å². The normalized spacial score (nSPS) is 12.8. The van der Waals surface area contributed by atoms with Gasteiger partial charge >= 0.3 is 0 Å². The highest BCUT2D eigenvalue weighted by Crippen LogP contribution is 2.17. The average molecular weight is 437 g/mol. The van der Waals surface area contributed by atoms with Gasteiger partial charge in [-0.05, 0) is 66.7 Å². The number of hydroxylamine groups is 1. The van der Waals surface area contributed by atoms with Gasteiger partial charge in [0.25, 0.3) is 5.91 Å². The van der Waals surface area contributed by atoms with Gasteiger partial charge in [-0.25, -0.2) is 5.48 Å². The molecule has 1 atom stereocenters. The Balaban J connectivity index is 4.74. The molecule has 0 fully saturated rings. The first-order valence-electron chi connectivity index (χ1n) is 10.5. The molecule has 0 rings (SSSR count). The minimum atomic E-state index is -0.737. The van der Waals surface area contributed by atoms with Crippen molar-refractivity contribution >= 4 is 23.6 Å². The van der Waals surface area contributed by atoms with E-state index >= 15 is 0 Å². The highest BCUT2D eigenvalue weighted by atomic mass is 32.2. The Morgan fingerprint density at radius 3 is 2.10 bits per heavy atom. The summed E-state index contributed by atoms with van der Waals surface area (Å²) in [5, 5.41) is 11.4. The summed E-state index contributed by atoms with van der Waals surface area (Å²) in [5.41, 5.74) is 7.08. The van der Waals surface area contributed by atoms with Gasteiger partial charge in [-0.2, -0.15) is 11.8 Å². The molecule has 5 nitrogen and oxygen atoms in total. The summed E-state index contributed by atoms with van der Waals surface area (Å²) in [6.07, 6.45) is 14.2. The van der Waals surface area contributed by atoms with Crippen LogP contribution in [0.3, 0.4) is 0 Å². The smallest absolute Gasteiger partial charge is 0.266 e. The topological polar surface area (TPSA) is 78.4 Å². The van der Waals surface area contributed by atoms with Crippen LogP contribution in [0.4, 0.5) is 0 Å². The van der Waals surface area contributed by atoms with Gasteiger partial charge in [-0.1, -0.05) is 46.6 Å². The zero-order valence-electron chi connectivity index (χ0n) is 19.5. The van der Waals surface area contributed by atoms with Crippen molar-refractivity contribution in [2.45, 2.75) is 79.7 Å². The molecule has 0 spiro atoms. The molecule has 2 amide bonds. The maximum absolute atomic E-state index is 11.6. The zero-order chi connectivity index (χ0) is 22.9. The summed E-state index contributed by atoms with van der Waals surface area (Å²) in [4.78, 5) is 22.9. The van der Waals surface area contributed by atoms with Gasteiger partial charge < -0.3 is 5.32 Å². The van der Waals surface area contributed by atoms with Crippen molar-refractivity contribution in [3.05, 3.63) is 46.6 Å². The largest absolute Gasteiger partial charge is 0.344 e. The third-order valence-electron chi connectivity index (χ3n) is 4.40. The number of carbonyl (C=O) groups excluding carboxylic acids is 2.